The van der Waals surface area contributed by atoms with Crippen LogP contribution in [0.5, 0.6) is 0 Å². The van der Waals surface area contributed by atoms with E-state index in [2.05, 4.69) is 4.98 Å². The highest BCUT2D eigenvalue weighted by atomic mass is 32.1. The molecule has 2 aromatic heterocycles. The molecule has 0 aliphatic carbocycles. The highest BCUT2D eigenvalue weighted by molar-refractivity contribution is 7.26. The van der Waals surface area contributed by atoms with Gasteiger partial charge in [0.25, 0.3) is 0 Å². The summed E-state index contributed by atoms with van der Waals surface area (Å²) in [5, 5.41) is 2.25. The Morgan fingerprint density at radius 3 is 2.83 bits per heavy atom. The average Bonchev–Trinajstić information content (AvgIpc) is 2.66. The molecule has 0 saturated carbocycles. The van der Waals surface area contributed by atoms with E-state index in [1.165, 1.54) is 18.3 Å². The van der Waals surface area contributed by atoms with Crippen LogP contribution in [0.4, 0.5) is 0 Å². The van der Waals surface area contributed by atoms with E-state index in [-0.39, 0.29) is 16.9 Å². The van der Waals surface area contributed by atoms with Crippen LogP contribution in [0.3, 0.4) is 0 Å². The fourth-order valence-electron chi connectivity index (χ4n) is 1.89. The van der Waals surface area contributed by atoms with Crippen molar-refractivity contribution in [3.05, 3.63) is 38.8 Å². The third kappa shape index (κ3) is 1.85. The maximum Gasteiger partial charge on any atom is 0.244 e. The number of nitrogens with zero attached hydrogens (tertiary/aromatic N) is 1. The van der Waals surface area contributed by atoms with Crippen molar-refractivity contribution in [2.24, 2.45) is 0 Å². The molecular weight excluding hydrogens is 266 g/mol. The van der Waals surface area contributed by atoms with Crippen LogP contribution in [-0.4, -0.2) is 10.8 Å². The Kier molecular flexibility index (Phi) is 2.72. The number of benzene rings is 1. The number of hydrogen-bond acceptors (Lipinski definition) is 5. The Balaban J connectivity index is 2.35. The maximum absolute atomic E-state index is 12.1. The van der Waals surface area contributed by atoms with E-state index in [0.29, 0.717) is 10.4 Å². The van der Waals surface area contributed by atoms with Gasteiger partial charge in [-0.05, 0) is 13.0 Å². The molecule has 0 saturated heterocycles. The van der Waals surface area contributed by atoms with Crippen molar-refractivity contribution >= 4 is 48.8 Å². The van der Waals surface area contributed by atoms with Crippen LogP contribution in [0.1, 0.15) is 11.9 Å². The summed E-state index contributed by atoms with van der Waals surface area (Å²) in [4.78, 5) is 28.4. The van der Waals surface area contributed by atoms with E-state index < -0.39 is 0 Å². The fourth-order valence-corrected chi connectivity index (χ4v) is 4.04. The normalized spacial score (nSPS) is 11.2. The molecule has 0 atom stereocenters. The molecule has 0 bridgehead atoms. The van der Waals surface area contributed by atoms with E-state index in [9.17, 15) is 9.59 Å². The highest BCUT2D eigenvalue weighted by Crippen LogP contribution is 2.30. The van der Waals surface area contributed by atoms with Crippen LogP contribution >= 0.6 is 22.7 Å². The van der Waals surface area contributed by atoms with Gasteiger partial charge in [-0.15, -0.1) is 11.3 Å². The molecule has 90 valence electrons. The second kappa shape index (κ2) is 4.26. The summed E-state index contributed by atoms with van der Waals surface area (Å²) in [5.41, 5.74) is 0. The third-order valence-corrected chi connectivity index (χ3v) is 4.54. The van der Waals surface area contributed by atoms with Crippen molar-refractivity contribution in [2.45, 2.75) is 13.3 Å². The summed E-state index contributed by atoms with van der Waals surface area (Å²) < 4.78 is 1.05. The van der Waals surface area contributed by atoms with Crippen molar-refractivity contribution in [2.75, 3.05) is 0 Å². The molecular formula is C13H9NO2S2. The molecule has 0 radical (unpaired) electrons. The Morgan fingerprint density at radius 2 is 2.06 bits per heavy atom. The summed E-state index contributed by atoms with van der Waals surface area (Å²) in [7, 11) is 0. The Labute approximate surface area is 111 Å². The lowest BCUT2D eigenvalue weighted by Gasteiger charge is -1.95. The lowest BCUT2D eigenvalue weighted by molar-refractivity contribution is -0.116. The minimum atomic E-state index is -0.00583. The minimum Gasteiger partial charge on any atom is -0.300 e. The predicted octanol–water partition coefficient (Wildman–Crippen LogP) is 3.00. The molecule has 1 aromatic carbocycles. The molecule has 0 aliphatic heterocycles. The van der Waals surface area contributed by atoms with Gasteiger partial charge in [-0.3, -0.25) is 9.59 Å². The van der Waals surface area contributed by atoms with Crippen LogP contribution in [0.25, 0.3) is 20.3 Å². The zero-order valence-corrected chi connectivity index (χ0v) is 11.2. The standard InChI is InChI=1S/C13H9NO2S2/c1-7(15)6-10-14-12-11(13(16)18-10)8-4-2-3-5-9(8)17-12/h2-5H,6H2,1H3. The van der Waals surface area contributed by atoms with Gasteiger partial charge in [0.15, 0.2) is 0 Å². The first kappa shape index (κ1) is 11.5. The van der Waals surface area contributed by atoms with Gasteiger partial charge in [0, 0.05) is 10.1 Å². The molecule has 3 nitrogen and oxygen atoms in total. The second-order valence-corrected chi connectivity index (χ2v) is 6.13. The Morgan fingerprint density at radius 1 is 1.28 bits per heavy atom. The van der Waals surface area contributed by atoms with Crippen molar-refractivity contribution in [1.29, 1.82) is 0 Å². The van der Waals surface area contributed by atoms with Crippen molar-refractivity contribution < 1.29 is 4.79 Å². The van der Waals surface area contributed by atoms with E-state index in [1.54, 1.807) is 0 Å². The van der Waals surface area contributed by atoms with Gasteiger partial charge in [-0.2, -0.15) is 0 Å². The van der Waals surface area contributed by atoms with Crippen LogP contribution in [0, 0.1) is 0 Å². The largest absolute Gasteiger partial charge is 0.300 e. The number of hydrogen-bond donors (Lipinski definition) is 0. The van der Waals surface area contributed by atoms with Gasteiger partial charge in [0.2, 0.25) is 4.74 Å². The van der Waals surface area contributed by atoms with Crippen LogP contribution in [-0.2, 0) is 11.2 Å². The summed E-state index contributed by atoms with van der Waals surface area (Å²) in [5.74, 6) is 0.0265. The van der Waals surface area contributed by atoms with Gasteiger partial charge < -0.3 is 0 Å². The summed E-state index contributed by atoms with van der Waals surface area (Å²) >= 11 is 2.58. The van der Waals surface area contributed by atoms with Gasteiger partial charge in [0.05, 0.1) is 11.8 Å². The maximum atomic E-state index is 12.1. The number of thiophene rings is 1. The number of rotatable bonds is 2. The van der Waals surface area contributed by atoms with Crippen LogP contribution in [0.2, 0.25) is 0 Å². The molecule has 0 unspecified atom stereocenters. The van der Waals surface area contributed by atoms with E-state index >= 15 is 0 Å². The van der Waals surface area contributed by atoms with Gasteiger partial charge >= 0.3 is 0 Å². The fraction of sp³-hybridized carbons (Fsp3) is 0.154. The lowest BCUT2D eigenvalue weighted by atomic mass is 10.2. The Hall–Kier alpha value is -1.59. The first-order chi connectivity index (χ1) is 8.65. The molecule has 0 aliphatic rings. The van der Waals surface area contributed by atoms with Gasteiger partial charge in [0.1, 0.15) is 15.6 Å². The zero-order valence-electron chi connectivity index (χ0n) is 9.60. The lowest BCUT2D eigenvalue weighted by Crippen LogP contribution is -2.03. The monoisotopic (exact) mass is 275 g/mol. The van der Waals surface area contributed by atoms with Gasteiger partial charge in [-0.25, -0.2) is 4.98 Å². The number of carbonyl (C=O) groups excluding carboxylic acids is 1. The topological polar surface area (TPSA) is 47.0 Å². The van der Waals surface area contributed by atoms with E-state index in [4.69, 9.17) is 0 Å². The van der Waals surface area contributed by atoms with Gasteiger partial charge in [-0.1, -0.05) is 29.5 Å². The zero-order chi connectivity index (χ0) is 12.7. The van der Waals surface area contributed by atoms with E-state index in [0.717, 1.165) is 26.3 Å². The van der Waals surface area contributed by atoms with Crippen molar-refractivity contribution in [3.8, 4) is 0 Å². The summed E-state index contributed by atoms with van der Waals surface area (Å²) in [6, 6.07) is 7.79. The van der Waals surface area contributed by atoms with Crippen LogP contribution in [0.15, 0.2) is 29.1 Å². The van der Waals surface area contributed by atoms with Crippen molar-refractivity contribution in [3.63, 3.8) is 0 Å². The first-order valence-corrected chi connectivity index (χ1v) is 7.09. The SMILES string of the molecule is CC(=O)Cc1nc2sc3ccccc3c2c(=O)s1. The molecule has 0 fully saturated rings. The molecule has 3 rings (SSSR count). The average molecular weight is 275 g/mol. The Bertz CT molecular complexity index is 817. The third-order valence-electron chi connectivity index (χ3n) is 2.62. The molecule has 0 spiro atoms. The smallest absolute Gasteiger partial charge is 0.244 e. The molecule has 3 aromatic rings. The molecule has 5 heteroatoms. The predicted molar refractivity (Wildman–Crippen MR) is 75.7 cm³/mol. The van der Waals surface area contributed by atoms with Crippen molar-refractivity contribution in [1.82, 2.24) is 4.98 Å². The number of fused-ring (bicyclic) bond motifs is 3. The molecule has 0 N–H and O–H groups in total. The second-order valence-electron chi connectivity index (χ2n) is 4.05. The quantitative estimate of drug-likeness (QED) is 0.722. The molecule has 18 heavy (non-hydrogen) atoms. The first-order valence-electron chi connectivity index (χ1n) is 5.46. The van der Waals surface area contributed by atoms with Crippen LogP contribution < -0.4 is 4.74 Å². The number of carbonyl (C=O) groups is 1. The highest BCUT2D eigenvalue weighted by Gasteiger charge is 2.12. The summed E-state index contributed by atoms with van der Waals surface area (Å²) in [6.45, 7) is 1.51. The summed E-state index contributed by atoms with van der Waals surface area (Å²) in [6.07, 6.45) is 0.240. The minimum absolute atomic E-state index is 0.00583. The number of ketones is 1. The van der Waals surface area contributed by atoms with E-state index in [1.807, 2.05) is 24.3 Å². The number of aromatic nitrogens is 1. The number of Topliss-reactive ketones (excluding diaryl/α,β-unsaturated/α-hetero) is 1. The molecule has 0 amide bonds. The molecule has 2 heterocycles.